The van der Waals surface area contributed by atoms with Gasteiger partial charge < -0.3 is 9.64 Å². The van der Waals surface area contributed by atoms with Gasteiger partial charge in [-0.25, -0.2) is 9.18 Å². The second-order valence-electron chi connectivity index (χ2n) is 6.78. The van der Waals surface area contributed by atoms with E-state index in [1.807, 2.05) is 35.2 Å². The summed E-state index contributed by atoms with van der Waals surface area (Å²) in [7, 11) is 0. The third kappa shape index (κ3) is 3.80. The number of morpholine rings is 1. The van der Waals surface area contributed by atoms with Crippen LogP contribution in [0.2, 0.25) is 0 Å². The van der Waals surface area contributed by atoms with Gasteiger partial charge in [-0.05, 0) is 23.3 Å². The molecule has 4 rings (SSSR count). The third-order valence-corrected chi connectivity index (χ3v) is 4.87. The van der Waals surface area contributed by atoms with E-state index in [0.29, 0.717) is 37.6 Å². The Morgan fingerprint density at radius 1 is 1.00 bits per heavy atom. The molecule has 2 aliphatic rings. The average molecular weight is 381 g/mol. The first-order chi connectivity index (χ1) is 13.6. The fraction of sp³-hybridized carbons (Fsp3) is 0.286. The van der Waals surface area contributed by atoms with Crippen molar-refractivity contribution >= 4 is 23.3 Å². The summed E-state index contributed by atoms with van der Waals surface area (Å²) in [6.07, 6.45) is 0.121. The predicted molar refractivity (Wildman–Crippen MR) is 103 cm³/mol. The molecule has 3 amide bonds. The van der Waals surface area contributed by atoms with Crippen LogP contribution in [-0.2, 0) is 22.5 Å². The molecule has 0 spiro atoms. The fourth-order valence-corrected chi connectivity index (χ4v) is 3.40. The maximum absolute atomic E-state index is 14.6. The summed E-state index contributed by atoms with van der Waals surface area (Å²) in [5, 5.41) is 0. The van der Waals surface area contributed by atoms with Crippen molar-refractivity contribution in [3.8, 4) is 0 Å². The minimum Gasteiger partial charge on any atom is -0.378 e. The summed E-state index contributed by atoms with van der Waals surface area (Å²) >= 11 is 0. The third-order valence-electron chi connectivity index (χ3n) is 4.87. The van der Waals surface area contributed by atoms with Crippen LogP contribution < -0.4 is 4.90 Å². The van der Waals surface area contributed by atoms with Crippen molar-refractivity contribution in [2.24, 2.45) is 4.99 Å². The Bertz CT molecular complexity index is 924. The quantitative estimate of drug-likeness (QED) is 0.799. The summed E-state index contributed by atoms with van der Waals surface area (Å²) in [6.45, 7) is 2.61. The van der Waals surface area contributed by atoms with Crippen LogP contribution in [0.25, 0.3) is 0 Å². The number of carbonyl (C=O) groups excluding carboxylic acids is 2. The first-order valence-electron chi connectivity index (χ1n) is 9.20. The lowest BCUT2D eigenvalue weighted by molar-refractivity contribution is -0.121. The summed E-state index contributed by atoms with van der Waals surface area (Å²) in [5.41, 5.74) is 2.12. The Morgan fingerprint density at radius 3 is 2.46 bits per heavy atom. The molecule has 0 radical (unpaired) electrons. The van der Waals surface area contributed by atoms with Crippen molar-refractivity contribution in [3.05, 3.63) is 65.5 Å². The molecule has 6 nitrogen and oxygen atoms in total. The van der Waals surface area contributed by atoms with E-state index in [4.69, 9.17) is 4.74 Å². The van der Waals surface area contributed by atoms with E-state index >= 15 is 0 Å². The zero-order chi connectivity index (χ0) is 19.5. The van der Waals surface area contributed by atoms with Gasteiger partial charge in [-0.15, -0.1) is 0 Å². The number of aliphatic imine (C=N–C) groups is 1. The van der Waals surface area contributed by atoms with Crippen molar-refractivity contribution in [2.75, 3.05) is 31.2 Å². The molecular weight excluding hydrogens is 361 g/mol. The van der Waals surface area contributed by atoms with E-state index in [-0.39, 0.29) is 24.5 Å². The molecule has 2 aliphatic heterocycles. The number of hydrogen-bond acceptors (Lipinski definition) is 4. The molecule has 2 aromatic rings. The fourth-order valence-electron chi connectivity index (χ4n) is 3.40. The number of amides is 3. The standard InChI is InChI=1S/C21H20FN3O3/c22-17-12-16(6-7-19(17)24-8-10-28-11-9-24)13-18-20(26)25(21(27)23-18)14-15-4-2-1-3-5-15/h1-7,12H,8-11,13-14H2. The van der Waals surface area contributed by atoms with Crippen LogP contribution >= 0.6 is 0 Å². The van der Waals surface area contributed by atoms with Gasteiger partial charge in [0.1, 0.15) is 11.5 Å². The highest BCUT2D eigenvalue weighted by Crippen LogP contribution is 2.23. The maximum Gasteiger partial charge on any atom is 0.351 e. The van der Waals surface area contributed by atoms with E-state index in [9.17, 15) is 14.0 Å². The molecule has 144 valence electrons. The zero-order valence-electron chi connectivity index (χ0n) is 15.3. The molecule has 0 unspecified atom stereocenters. The van der Waals surface area contributed by atoms with E-state index in [2.05, 4.69) is 4.99 Å². The normalized spacial score (nSPS) is 17.2. The smallest absolute Gasteiger partial charge is 0.351 e. The molecule has 1 fully saturated rings. The topological polar surface area (TPSA) is 62.2 Å². The highest BCUT2D eigenvalue weighted by Gasteiger charge is 2.33. The number of anilines is 1. The van der Waals surface area contributed by atoms with Crippen LogP contribution in [0, 0.1) is 5.82 Å². The van der Waals surface area contributed by atoms with Gasteiger partial charge in [0.15, 0.2) is 0 Å². The Labute approximate surface area is 162 Å². The first-order valence-corrected chi connectivity index (χ1v) is 9.20. The number of hydrogen-bond donors (Lipinski definition) is 0. The highest BCUT2D eigenvalue weighted by atomic mass is 19.1. The van der Waals surface area contributed by atoms with Gasteiger partial charge in [-0.2, -0.15) is 4.99 Å². The van der Waals surface area contributed by atoms with Gasteiger partial charge in [0, 0.05) is 19.5 Å². The molecular formula is C21H20FN3O3. The number of urea groups is 1. The second-order valence-corrected chi connectivity index (χ2v) is 6.78. The van der Waals surface area contributed by atoms with Crippen LogP contribution in [0.1, 0.15) is 11.1 Å². The average Bonchev–Trinajstić information content (AvgIpc) is 2.97. The van der Waals surface area contributed by atoms with Crippen LogP contribution in [0.5, 0.6) is 0 Å². The molecule has 0 saturated carbocycles. The van der Waals surface area contributed by atoms with Crippen LogP contribution in [0.4, 0.5) is 14.9 Å². The predicted octanol–water partition coefficient (Wildman–Crippen LogP) is 2.81. The number of benzene rings is 2. The molecule has 7 heteroatoms. The van der Waals surface area contributed by atoms with Gasteiger partial charge in [0.2, 0.25) is 0 Å². The molecule has 2 heterocycles. The van der Waals surface area contributed by atoms with Crippen molar-refractivity contribution < 1.29 is 18.7 Å². The van der Waals surface area contributed by atoms with Gasteiger partial charge in [-0.3, -0.25) is 9.69 Å². The van der Waals surface area contributed by atoms with Crippen molar-refractivity contribution in [2.45, 2.75) is 13.0 Å². The summed E-state index contributed by atoms with van der Waals surface area (Å²) < 4.78 is 19.9. The summed E-state index contributed by atoms with van der Waals surface area (Å²) in [5.74, 6) is -0.774. The van der Waals surface area contributed by atoms with Crippen LogP contribution in [0.3, 0.4) is 0 Å². The SMILES string of the molecule is O=C1N=C(Cc2ccc(N3CCOCC3)c(F)c2)C(=O)N1Cc1ccccc1. The lowest BCUT2D eigenvalue weighted by atomic mass is 10.1. The Balaban J connectivity index is 1.45. The molecule has 0 aromatic heterocycles. The minimum absolute atomic E-state index is 0.121. The summed E-state index contributed by atoms with van der Waals surface area (Å²) in [6, 6.07) is 13.6. The highest BCUT2D eigenvalue weighted by molar-refractivity contribution is 6.46. The minimum atomic E-state index is -0.575. The Morgan fingerprint density at radius 2 is 1.75 bits per heavy atom. The van der Waals surface area contributed by atoms with Gasteiger partial charge in [-0.1, -0.05) is 36.4 Å². The van der Waals surface area contributed by atoms with Gasteiger partial charge >= 0.3 is 6.03 Å². The molecule has 2 aromatic carbocycles. The number of rotatable bonds is 5. The van der Waals surface area contributed by atoms with Crippen LogP contribution in [-0.4, -0.2) is 48.9 Å². The molecule has 0 atom stereocenters. The molecule has 28 heavy (non-hydrogen) atoms. The number of nitrogens with zero attached hydrogens (tertiary/aromatic N) is 3. The molecule has 0 bridgehead atoms. The second kappa shape index (κ2) is 7.90. The van der Waals surface area contributed by atoms with Crippen LogP contribution in [0.15, 0.2) is 53.5 Å². The van der Waals surface area contributed by atoms with E-state index in [0.717, 1.165) is 10.5 Å². The maximum atomic E-state index is 14.6. The van der Waals surface area contributed by atoms with E-state index < -0.39 is 11.9 Å². The van der Waals surface area contributed by atoms with Crippen molar-refractivity contribution in [3.63, 3.8) is 0 Å². The number of imide groups is 1. The van der Waals surface area contributed by atoms with E-state index in [1.165, 1.54) is 6.07 Å². The number of halogens is 1. The van der Waals surface area contributed by atoms with Gasteiger partial charge in [0.05, 0.1) is 25.4 Å². The number of carbonyl (C=O) groups is 2. The molecule has 0 N–H and O–H groups in total. The van der Waals surface area contributed by atoms with Crippen molar-refractivity contribution in [1.29, 1.82) is 0 Å². The Kier molecular flexibility index (Phi) is 5.16. The first kappa shape index (κ1) is 18.3. The lowest BCUT2D eigenvalue weighted by Gasteiger charge is -2.29. The monoisotopic (exact) mass is 381 g/mol. The molecule has 0 aliphatic carbocycles. The lowest BCUT2D eigenvalue weighted by Crippen LogP contribution is -2.36. The van der Waals surface area contributed by atoms with Gasteiger partial charge in [0.25, 0.3) is 5.91 Å². The zero-order valence-corrected chi connectivity index (χ0v) is 15.3. The van der Waals surface area contributed by atoms with E-state index in [1.54, 1.807) is 12.1 Å². The molecule has 1 saturated heterocycles. The largest absolute Gasteiger partial charge is 0.378 e. The summed E-state index contributed by atoms with van der Waals surface area (Å²) in [4.78, 5) is 31.7. The number of ether oxygens (including phenoxy) is 1. The Hall–Kier alpha value is -3.06. The van der Waals surface area contributed by atoms with Crippen molar-refractivity contribution in [1.82, 2.24) is 4.90 Å².